The normalized spacial score (nSPS) is 11.7. The molecule has 0 fully saturated rings. The van der Waals surface area contributed by atoms with Gasteiger partial charge in [-0.05, 0) is 48.4 Å². The highest BCUT2D eigenvalue weighted by molar-refractivity contribution is 5.89. The SMILES string of the molecule is COc1ccc(CCNCC(O)COC(=O)c2ccc(CO)cc2)cc1OC. The average Bonchev–Trinajstić information content (AvgIpc) is 2.74. The van der Waals surface area contributed by atoms with E-state index in [1.807, 2.05) is 18.2 Å². The summed E-state index contributed by atoms with van der Waals surface area (Å²) in [6.07, 6.45) is -0.0459. The number of hydrogen-bond donors (Lipinski definition) is 3. The number of benzene rings is 2. The Kier molecular flexibility index (Phi) is 8.74. The Morgan fingerprint density at radius 2 is 1.71 bits per heavy atom. The van der Waals surface area contributed by atoms with E-state index in [1.54, 1.807) is 38.5 Å². The lowest BCUT2D eigenvalue weighted by Crippen LogP contribution is -2.32. The average molecular weight is 389 g/mol. The van der Waals surface area contributed by atoms with Crippen molar-refractivity contribution in [3.8, 4) is 11.5 Å². The molecule has 0 saturated carbocycles. The fourth-order valence-electron chi connectivity index (χ4n) is 2.60. The molecule has 2 aromatic rings. The summed E-state index contributed by atoms with van der Waals surface area (Å²) >= 11 is 0. The quantitative estimate of drug-likeness (QED) is 0.396. The Bertz CT molecular complexity index is 747. The van der Waals surface area contributed by atoms with Gasteiger partial charge in [0.05, 0.1) is 26.4 Å². The van der Waals surface area contributed by atoms with Crippen molar-refractivity contribution >= 4 is 5.97 Å². The molecule has 0 bridgehead atoms. The van der Waals surface area contributed by atoms with Gasteiger partial charge in [-0.15, -0.1) is 0 Å². The van der Waals surface area contributed by atoms with E-state index in [2.05, 4.69) is 5.32 Å². The number of carbonyl (C=O) groups excluding carboxylic acids is 1. The van der Waals surface area contributed by atoms with Crippen LogP contribution in [0.2, 0.25) is 0 Å². The van der Waals surface area contributed by atoms with Crippen LogP contribution in [0.4, 0.5) is 0 Å². The third kappa shape index (κ3) is 6.53. The Hall–Kier alpha value is -2.61. The summed E-state index contributed by atoms with van der Waals surface area (Å²) in [5.41, 5.74) is 2.18. The Labute approximate surface area is 164 Å². The highest BCUT2D eigenvalue weighted by atomic mass is 16.5. The van der Waals surface area contributed by atoms with Crippen LogP contribution in [0.25, 0.3) is 0 Å². The maximum atomic E-state index is 11.9. The molecule has 2 aromatic carbocycles. The number of esters is 1. The molecule has 1 atom stereocenters. The smallest absolute Gasteiger partial charge is 0.338 e. The van der Waals surface area contributed by atoms with Crippen LogP contribution < -0.4 is 14.8 Å². The van der Waals surface area contributed by atoms with Crippen LogP contribution in [0.15, 0.2) is 42.5 Å². The van der Waals surface area contributed by atoms with Gasteiger partial charge in [-0.2, -0.15) is 0 Å². The first-order valence-corrected chi connectivity index (χ1v) is 9.04. The third-order valence-corrected chi connectivity index (χ3v) is 4.20. The fraction of sp³-hybridized carbons (Fsp3) is 0.381. The summed E-state index contributed by atoms with van der Waals surface area (Å²) < 4.78 is 15.6. The minimum absolute atomic E-state index is 0.0803. The third-order valence-electron chi connectivity index (χ3n) is 4.20. The van der Waals surface area contributed by atoms with Gasteiger partial charge >= 0.3 is 5.97 Å². The minimum atomic E-state index is -0.800. The molecule has 0 amide bonds. The number of hydrogen-bond acceptors (Lipinski definition) is 7. The van der Waals surface area contributed by atoms with Gasteiger partial charge in [-0.3, -0.25) is 0 Å². The Morgan fingerprint density at radius 3 is 2.36 bits per heavy atom. The molecule has 1 unspecified atom stereocenters. The van der Waals surface area contributed by atoms with Crippen LogP contribution in [-0.4, -0.2) is 56.2 Å². The summed E-state index contributed by atoms with van der Waals surface area (Å²) in [6.45, 7) is 0.792. The van der Waals surface area contributed by atoms with E-state index < -0.39 is 12.1 Å². The van der Waals surface area contributed by atoms with E-state index in [4.69, 9.17) is 19.3 Å². The second kappa shape index (κ2) is 11.3. The topological polar surface area (TPSA) is 97.2 Å². The molecule has 7 nitrogen and oxygen atoms in total. The van der Waals surface area contributed by atoms with Crippen LogP contribution in [0, 0.1) is 0 Å². The van der Waals surface area contributed by atoms with Crippen molar-refractivity contribution in [3.63, 3.8) is 0 Å². The maximum absolute atomic E-state index is 11.9. The van der Waals surface area contributed by atoms with Gasteiger partial charge in [0, 0.05) is 6.54 Å². The van der Waals surface area contributed by atoms with Crippen LogP contribution in [-0.2, 0) is 17.8 Å². The molecule has 152 valence electrons. The van der Waals surface area contributed by atoms with Crippen LogP contribution in [0.5, 0.6) is 11.5 Å². The van der Waals surface area contributed by atoms with E-state index in [0.29, 0.717) is 30.2 Å². The molecular formula is C21H27NO6. The predicted octanol–water partition coefficient (Wildman–Crippen LogP) is 1.55. The zero-order valence-electron chi connectivity index (χ0n) is 16.2. The summed E-state index contributed by atoms with van der Waals surface area (Å²) in [6, 6.07) is 12.2. The first kappa shape index (κ1) is 21.7. The van der Waals surface area contributed by atoms with Gasteiger partial charge in [0.1, 0.15) is 12.7 Å². The molecular weight excluding hydrogens is 362 g/mol. The molecule has 0 aromatic heterocycles. The van der Waals surface area contributed by atoms with Crippen molar-refractivity contribution in [2.45, 2.75) is 19.1 Å². The summed E-state index contributed by atoms with van der Waals surface area (Å²) in [5, 5.41) is 22.1. The molecule has 0 radical (unpaired) electrons. The van der Waals surface area contributed by atoms with E-state index in [-0.39, 0.29) is 13.2 Å². The molecule has 0 aliphatic carbocycles. The molecule has 0 saturated heterocycles. The van der Waals surface area contributed by atoms with E-state index in [9.17, 15) is 9.90 Å². The number of carbonyl (C=O) groups is 1. The number of rotatable bonds is 11. The van der Waals surface area contributed by atoms with Gasteiger partial charge in [-0.1, -0.05) is 18.2 Å². The zero-order chi connectivity index (χ0) is 20.4. The number of methoxy groups -OCH3 is 2. The molecule has 7 heteroatoms. The summed E-state index contributed by atoms with van der Waals surface area (Å²) in [5.74, 6) is 0.857. The molecule has 0 aliphatic rings. The van der Waals surface area contributed by atoms with Crippen molar-refractivity contribution in [1.29, 1.82) is 0 Å². The first-order valence-electron chi connectivity index (χ1n) is 9.04. The fourth-order valence-corrected chi connectivity index (χ4v) is 2.60. The van der Waals surface area contributed by atoms with Crippen molar-refractivity contribution in [1.82, 2.24) is 5.32 Å². The van der Waals surface area contributed by atoms with Gasteiger partial charge in [-0.25, -0.2) is 4.79 Å². The van der Waals surface area contributed by atoms with Crippen molar-refractivity contribution in [2.24, 2.45) is 0 Å². The van der Waals surface area contributed by atoms with Gasteiger partial charge in [0.25, 0.3) is 0 Å². The Balaban J connectivity index is 1.68. The lowest BCUT2D eigenvalue weighted by Gasteiger charge is -2.13. The van der Waals surface area contributed by atoms with E-state index >= 15 is 0 Å². The highest BCUT2D eigenvalue weighted by Crippen LogP contribution is 2.27. The predicted molar refractivity (Wildman–Crippen MR) is 105 cm³/mol. The van der Waals surface area contributed by atoms with Crippen LogP contribution in [0.3, 0.4) is 0 Å². The molecule has 0 heterocycles. The van der Waals surface area contributed by atoms with Crippen LogP contribution in [0.1, 0.15) is 21.5 Å². The number of aliphatic hydroxyl groups is 2. The van der Waals surface area contributed by atoms with Gasteiger partial charge < -0.3 is 29.7 Å². The monoisotopic (exact) mass is 389 g/mol. The van der Waals surface area contributed by atoms with Gasteiger partial charge in [0.15, 0.2) is 11.5 Å². The standard InChI is InChI=1S/C21H27NO6/c1-26-19-8-5-15(11-20(19)27-2)9-10-22-12-18(24)14-28-21(25)17-6-3-16(13-23)4-7-17/h3-8,11,18,22-24H,9-10,12-14H2,1-2H3. The largest absolute Gasteiger partial charge is 0.493 e. The summed E-state index contributed by atoms with van der Waals surface area (Å²) in [7, 11) is 3.19. The van der Waals surface area contributed by atoms with Crippen molar-refractivity contribution in [2.75, 3.05) is 33.9 Å². The lowest BCUT2D eigenvalue weighted by molar-refractivity contribution is 0.0260. The zero-order valence-corrected chi connectivity index (χ0v) is 16.2. The van der Waals surface area contributed by atoms with Crippen molar-refractivity contribution < 1.29 is 29.2 Å². The second-order valence-corrected chi connectivity index (χ2v) is 6.25. The van der Waals surface area contributed by atoms with E-state index in [0.717, 1.165) is 17.5 Å². The molecule has 2 rings (SSSR count). The van der Waals surface area contributed by atoms with Crippen LogP contribution >= 0.6 is 0 Å². The second-order valence-electron chi connectivity index (χ2n) is 6.25. The number of nitrogens with one attached hydrogen (secondary N) is 1. The molecule has 3 N–H and O–H groups in total. The molecule has 0 spiro atoms. The van der Waals surface area contributed by atoms with Crippen molar-refractivity contribution in [3.05, 3.63) is 59.2 Å². The van der Waals surface area contributed by atoms with Gasteiger partial charge in [0.2, 0.25) is 0 Å². The number of ether oxygens (including phenoxy) is 3. The lowest BCUT2D eigenvalue weighted by atomic mass is 10.1. The maximum Gasteiger partial charge on any atom is 0.338 e. The van der Waals surface area contributed by atoms with E-state index in [1.165, 1.54) is 0 Å². The first-order chi connectivity index (χ1) is 13.6. The summed E-state index contributed by atoms with van der Waals surface area (Å²) in [4.78, 5) is 11.9. The molecule has 0 aliphatic heterocycles. The molecule has 28 heavy (non-hydrogen) atoms. The minimum Gasteiger partial charge on any atom is -0.493 e. The highest BCUT2D eigenvalue weighted by Gasteiger charge is 2.11. The Morgan fingerprint density at radius 1 is 1.04 bits per heavy atom. The number of aliphatic hydroxyl groups excluding tert-OH is 2.